The van der Waals surface area contributed by atoms with Crippen molar-refractivity contribution in [2.75, 3.05) is 0 Å². The Morgan fingerprint density at radius 2 is 2.18 bits per heavy atom. The molecule has 0 aliphatic rings. The van der Waals surface area contributed by atoms with Crippen LogP contribution < -0.4 is 0 Å². The Balaban J connectivity index is 2.54. The van der Waals surface area contributed by atoms with E-state index in [-0.39, 0.29) is 17.8 Å². The Morgan fingerprint density at radius 3 is 2.68 bits per heavy atom. The third kappa shape index (κ3) is 2.73. The van der Waals surface area contributed by atoms with Gasteiger partial charge >= 0.3 is 11.9 Å². The van der Waals surface area contributed by atoms with Gasteiger partial charge in [0.2, 0.25) is 5.69 Å². The normalized spacial score (nSPS) is 11.2. The fourth-order valence-electron chi connectivity index (χ4n) is 1.93. The average Bonchev–Trinajstić information content (AvgIpc) is 2.77. The first-order valence-corrected chi connectivity index (χ1v) is 5.89. The first kappa shape index (κ1) is 15.4. The summed E-state index contributed by atoms with van der Waals surface area (Å²) in [5, 5.41) is 21.2. The van der Waals surface area contributed by atoms with Gasteiger partial charge < -0.3 is 0 Å². The van der Waals surface area contributed by atoms with E-state index in [2.05, 4.69) is 10.1 Å². The van der Waals surface area contributed by atoms with Crippen molar-refractivity contribution >= 4 is 5.69 Å². The van der Waals surface area contributed by atoms with Crippen LogP contribution in [0.1, 0.15) is 22.5 Å². The van der Waals surface area contributed by atoms with Crippen molar-refractivity contribution in [2.45, 2.75) is 19.6 Å². The summed E-state index contributed by atoms with van der Waals surface area (Å²) in [6.45, 7) is 1.04. The van der Waals surface area contributed by atoms with E-state index >= 15 is 0 Å². The molecule has 22 heavy (non-hydrogen) atoms. The second kappa shape index (κ2) is 5.44. The van der Waals surface area contributed by atoms with Crippen LogP contribution in [0.3, 0.4) is 0 Å². The van der Waals surface area contributed by atoms with Crippen LogP contribution in [0.2, 0.25) is 0 Å². The largest absolute Gasteiger partial charge is 0.442 e. The van der Waals surface area contributed by atoms with Crippen molar-refractivity contribution in [1.29, 1.82) is 5.26 Å². The lowest BCUT2D eigenvalue weighted by Gasteiger charge is -2.05. The van der Waals surface area contributed by atoms with Crippen LogP contribution in [0.15, 0.2) is 18.5 Å². The lowest BCUT2D eigenvalue weighted by atomic mass is 10.1. The molecule has 0 saturated carbocycles. The molecule has 0 aliphatic heterocycles. The van der Waals surface area contributed by atoms with Crippen LogP contribution in [0, 0.1) is 23.2 Å². The highest BCUT2D eigenvalue weighted by atomic mass is 19.4. The predicted octanol–water partition coefficient (Wildman–Crippen LogP) is 2.32. The molecule has 0 saturated heterocycles. The Labute approximate surface area is 121 Å². The lowest BCUT2D eigenvalue weighted by Crippen LogP contribution is -2.10. The molecule has 0 spiro atoms. The van der Waals surface area contributed by atoms with Gasteiger partial charge in [0, 0.05) is 12.4 Å². The Morgan fingerprint density at radius 1 is 1.50 bits per heavy atom. The quantitative estimate of drug-likeness (QED) is 0.878. The molecule has 0 radical (unpaired) electrons. The van der Waals surface area contributed by atoms with Crippen molar-refractivity contribution in [3.05, 3.63) is 45.9 Å². The third-order valence-electron chi connectivity index (χ3n) is 2.99. The second-order valence-corrected chi connectivity index (χ2v) is 4.36. The maximum Gasteiger partial charge on any atom is 0.442 e. The molecule has 0 bridgehead atoms. The molecule has 1 N–H and O–H groups in total. The van der Waals surface area contributed by atoms with Gasteiger partial charge in [0.25, 0.3) is 4.92 Å². The topological polar surface area (TPSA) is 94.8 Å². The van der Waals surface area contributed by atoms with Crippen molar-refractivity contribution in [2.24, 2.45) is 0 Å². The Kier molecular flexibility index (Phi) is 3.81. The minimum absolute atomic E-state index is 0.172. The molecule has 0 aromatic carbocycles. The molecule has 2 aromatic heterocycles. The van der Waals surface area contributed by atoms with Crippen LogP contribution in [0.25, 0.3) is 0 Å². The number of rotatable bonds is 3. The monoisotopic (exact) mass is 312 g/mol. The summed E-state index contributed by atoms with van der Waals surface area (Å²) in [7, 11) is 0. The third-order valence-corrected chi connectivity index (χ3v) is 2.99. The number of halogens is 3. The summed E-state index contributed by atoms with van der Waals surface area (Å²) in [4.78, 5) is 13.9. The summed E-state index contributed by atoms with van der Waals surface area (Å²) < 4.78 is 39.5. The maximum atomic E-state index is 12.9. The van der Waals surface area contributed by atoms with Gasteiger partial charge in [-0.2, -0.15) is 23.5 Å². The van der Waals surface area contributed by atoms with Crippen LogP contribution in [-0.2, 0) is 12.7 Å². The van der Waals surface area contributed by atoms with Gasteiger partial charge in [0.15, 0.2) is 0 Å². The molecule has 0 aliphatic carbocycles. The number of aromatic nitrogens is 3. The number of alkyl halides is 3. The fourth-order valence-corrected chi connectivity index (χ4v) is 1.93. The smallest absolute Gasteiger partial charge is 0.263 e. The van der Waals surface area contributed by atoms with Gasteiger partial charge in [-0.05, 0) is 18.6 Å². The molecule has 0 fully saturated rings. The van der Waals surface area contributed by atoms with E-state index in [1.54, 1.807) is 0 Å². The maximum absolute atomic E-state index is 12.9. The number of pyridine rings is 1. The van der Waals surface area contributed by atoms with Crippen LogP contribution in [0.5, 0.6) is 0 Å². The first-order valence-electron chi connectivity index (χ1n) is 5.89. The SMILES string of the molecule is Cc1c([N+](=O)O)c(C(F)(F)F)nn1Cc1ccncc1C#N. The number of nitrogens with zero attached hydrogens (tertiary/aromatic N) is 5. The van der Waals surface area contributed by atoms with Crippen LogP contribution in [-0.4, -0.2) is 24.9 Å². The van der Waals surface area contributed by atoms with Crippen molar-refractivity contribution in [3.63, 3.8) is 0 Å². The molecule has 2 rings (SSSR count). The second-order valence-electron chi connectivity index (χ2n) is 4.36. The number of nitriles is 1. The molecule has 0 atom stereocenters. The highest BCUT2D eigenvalue weighted by Crippen LogP contribution is 2.36. The minimum Gasteiger partial charge on any atom is -0.263 e. The Hall–Kier alpha value is -2.96. The molecule has 2 heterocycles. The Bertz CT molecular complexity index is 776. The van der Waals surface area contributed by atoms with E-state index in [0.29, 0.717) is 5.56 Å². The zero-order valence-corrected chi connectivity index (χ0v) is 11.2. The summed E-state index contributed by atoms with van der Waals surface area (Å²) in [5.74, 6) is 0. The minimum atomic E-state index is -4.90. The molecule has 10 heteroatoms. The van der Waals surface area contributed by atoms with Gasteiger partial charge in [-0.1, -0.05) is 0 Å². The molecule has 2 aromatic rings. The van der Waals surface area contributed by atoms with Crippen LogP contribution >= 0.6 is 0 Å². The van der Waals surface area contributed by atoms with Gasteiger partial charge in [0.1, 0.15) is 11.8 Å². The van der Waals surface area contributed by atoms with E-state index in [0.717, 1.165) is 4.68 Å². The van der Waals surface area contributed by atoms with Gasteiger partial charge in [0.05, 0.1) is 17.0 Å². The van der Waals surface area contributed by atoms with E-state index in [1.165, 1.54) is 25.4 Å². The van der Waals surface area contributed by atoms with Gasteiger partial charge in [-0.15, -0.1) is 0 Å². The first-order chi connectivity index (χ1) is 10.3. The summed E-state index contributed by atoms with van der Waals surface area (Å²) in [5.41, 5.74) is -2.07. The predicted molar refractivity (Wildman–Crippen MR) is 65.1 cm³/mol. The van der Waals surface area contributed by atoms with E-state index in [4.69, 9.17) is 10.5 Å². The van der Waals surface area contributed by atoms with Gasteiger partial charge in [-0.25, -0.2) is 5.21 Å². The standard InChI is InChI=1S/C12H9F3N5O2/c1-7-10(20(21)22)11(12(13,14)15)18-19(7)6-8-2-3-17-5-9(8)4-16/h2-3,5H,6H2,1H3,(H,21,22)/q+1. The zero-order chi connectivity index (χ0) is 16.5. The van der Waals surface area contributed by atoms with Crippen molar-refractivity contribution < 1.29 is 23.3 Å². The molecule has 0 unspecified atom stereocenters. The highest BCUT2D eigenvalue weighted by molar-refractivity contribution is 5.42. The average molecular weight is 312 g/mol. The zero-order valence-electron chi connectivity index (χ0n) is 11.2. The molecular weight excluding hydrogens is 303 g/mol. The summed E-state index contributed by atoms with van der Waals surface area (Å²) in [6, 6.07) is 3.32. The van der Waals surface area contributed by atoms with Crippen molar-refractivity contribution in [1.82, 2.24) is 14.8 Å². The van der Waals surface area contributed by atoms with Crippen LogP contribution in [0.4, 0.5) is 18.9 Å². The van der Waals surface area contributed by atoms with E-state index < -0.39 is 22.5 Å². The summed E-state index contributed by atoms with van der Waals surface area (Å²) in [6.07, 6.45) is -2.24. The molecule has 0 amide bonds. The van der Waals surface area contributed by atoms with E-state index in [1.807, 2.05) is 6.07 Å². The van der Waals surface area contributed by atoms with Crippen molar-refractivity contribution in [3.8, 4) is 6.07 Å². The molecule has 7 nitrogen and oxygen atoms in total. The summed E-state index contributed by atoms with van der Waals surface area (Å²) >= 11 is 0. The number of hydrogen-bond donors (Lipinski definition) is 1. The highest BCUT2D eigenvalue weighted by Gasteiger charge is 2.46. The molecular formula is C12H9F3N5O2+. The lowest BCUT2D eigenvalue weighted by molar-refractivity contribution is -0.730. The molecule has 114 valence electrons. The van der Waals surface area contributed by atoms with E-state index in [9.17, 15) is 18.1 Å². The van der Waals surface area contributed by atoms with Gasteiger partial charge in [-0.3, -0.25) is 9.67 Å². The number of hydrogen-bond acceptors (Lipinski definition) is 4. The fraction of sp³-hybridized carbons (Fsp3) is 0.250.